The third-order valence-corrected chi connectivity index (χ3v) is 10.8. The predicted molar refractivity (Wildman–Crippen MR) is 155 cm³/mol. The molecule has 0 saturated carbocycles. The number of aryl methyl sites for hydroxylation is 1. The summed E-state index contributed by atoms with van der Waals surface area (Å²) in [6, 6.07) is 17.6. The van der Waals surface area contributed by atoms with Crippen LogP contribution in [0.4, 0.5) is 0 Å². The van der Waals surface area contributed by atoms with Crippen LogP contribution in [0.1, 0.15) is 73.3 Å². The smallest absolute Gasteiger partial charge is 0.243 e. The molecular formula is C32H41N3O3S. The number of sulfonamides is 1. The van der Waals surface area contributed by atoms with Gasteiger partial charge >= 0.3 is 0 Å². The van der Waals surface area contributed by atoms with Gasteiger partial charge in [0.1, 0.15) is 5.60 Å². The van der Waals surface area contributed by atoms with Gasteiger partial charge in [0.25, 0.3) is 0 Å². The molecule has 1 unspecified atom stereocenters. The van der Waals surface area contributed by atoms with Gasteiger partial charge in [-0.3, -0.25) is 4.98 Å². The first kappa shape index (κ1) is 28.0. The molecule has 0 bridgehead atoms. The van der Waals surface area contributed by atoms with Gasteiger partial charge in [-0.05, 0) is 73.5 Å². The summed E-state index contributed by atoms with van der Waals surface area (Å²) in [6.07, 6.45) is 5.13. The highest BCUT2D eigenvalue weighted by atomic mass is 32.2. The zero-order valence-electron chi connectivity index (χ0n) is 23.8. The van der Waals surface area contributed by atoms with Crippen molar-refractivity contribution in [3.63, 3.8) is 0 Å². The van der Waals surface area contributed by atoms with Crippen LogP contribution in [0.3, 0.4) is 0 Å². The Morgan fingerprint density at radius 1 is 0.974 bits per heavy atom. The molecule has 1 aromatic heterocycles. The van der Waals surface area contributed by atoms with Gasteiger partial charge in [0, 0.05) is 49.6 Å². The van der Waals surface area contributed by atoms with E-state index < -0.39 is 15.6 Å². The molecule has 2 saturated heterocycles. The molecule has 7 heteroatoms. The predicted octanol–water partition coefficient (Wildman–Crippen LogP) is 5.27. The van der Waals surface area contributed by atoms with Gasteiger partial charge in [-0.1, -0.05) is 62.7 Å². The molecule has 2 aromatic carbocycles. The highest BCUT2D eigenvalue weighted by Gasteiger charge is 2.55. The highest BCUT2D eigenvalue weighted by molar-refractivity contribution is 7.89. The number of nitrogens with zero attached hydrogens (tertiary/aromatic N) is 3. The first-order valence-corrected chi connectivity index (χ1v) is 15.4. The third kappa shape index (κ3) is 5.06. The van der Waals surface area contributed by atoms with Crippen LogP contribution in [-0.2, 0) is 15.6 Å². The summed E-state index contributed by atoms with van der Waals surface area (Å²) in [4.78, 5) is 7.19. The molecule has 39 heavy (non-hydrogen) atoms. The molecule has 2 aliphatic rings. The summed E-state index contributed by atoms with van der Waals surface area (Å²) in [6.45, 7) is 11.0. The van der Waals surface area contributed by atoms with Gasteiger partial charge in [0.2, 0.25) is 10.0 Å². The highest BCUT2D eigenvalue weighted by Crippen LogP contribution is 2.50. The topological polar surface area (TPSA) is 73.7 Å². The van der Waals surface area contributed by atoms with Crippen molar-refractivity contribution in [3.8, 4) is 0 Å². The minimum absolute atomic E-state index is 0.186. The third-order valence-electron chi connectivity index (χ3n) is 8.87. The number of hydrogen-bond acceptors (Lipinski definition) is 5. The molecule has 1 atom stereocenters. The normalized spacial score (nSPS) is 20.5. The average Bonchev–Trinajstić information content (AvgIpc) is 2.92. The lowest BCUT2D eigenvalue weighted by molar-refractivity contribution is -0.127. The summed E-state index contributed by atoms with van der Waals surface area (Å²) in [5, 5.41) is 12.5. The molecule has 0 radical (unpaired) electrons. The number of aromatic nitrogens is 1. The zero-order valence-corrected chi connectivity index (χ0v) is 24.6. The van der Waals surface area contributed by atoms with Crippen LogP contribution in [-0.4, -0.2) is 60.9 Å². The van der Waals surface area contributed by atoms with Crippen LogP contribution >= 0.6 is 0 Å². The number of piperidine rings is 1. The Labute approximate surface area is 233 Å². The van der Waals surface area contributed by atoms with Crippen molar-refractivity contribution in [2.45, 2.75) is 62.9 Å². The average molecular weight is 548 g/mol. The monoisotopic (exact) mass is 547 g/mol. The molecule has 1 N–H and O–H groups in total. The summed E-state index contributed by atoms with van der Waals surface area (Å²) in [5.41, 5.74) is 3.51. The summed E-state index contributed by atoms with van der Waals surface area (Å²) >= 11 is 0. The van der Waals surface area contributed by atoms with E-state index in [1.165, 1.54) is 5.56 Å². The van der Waals surface area contributed by atoms with Gasteiger partial charge in [-0.25, -0.2) is 8.42 Å². The van der Waals surface area contributed by atoms with Gasteiger partial charge in [-0.15, -0.1) is 0 Å². The lowest BCUT2D eigenvalue weighted by Crippen LogP contribution is -2.63. The van der Waals surface area contributed by atoms with Gasteiger partial charge < -0.3 is 10.0 Å². The molecule has 3 heterocycles. The number of benzene rings is 2. The van der Waals surface area contributed by atoms with Crippen molar-refractivity contribution in [3.05, 3.63) is 94.8 Å². The molecule has 208 valence electrons. The molecule has 2 aliphatic heterocycles. The van der Waals surface area contributed by atoms with E-state index in [0.717, 1.165) is 48.2 Å². The summed E-state index contributed by atoms with van der Waals surface area (Å²) in [5.74, 6) is 0.606. The van der Waals surface area contributed by atoms with Crippen molar-refractivity contribution in [1.82, 2.24) is 14.2 Å². The van der Waals surface area contributed by atoms with E-state index in [9.17, 15) is 13.5 Å². The number of hydrogen-bond donors (Lipinski definition) is 1. The largest absolute Gasteiger partial charge is 0.380 e. The maximum atomic E-state index is 13.2. The van der Waals surface area contributed by atoms with Crippen molar-refractivity contribution < 1.29 is 13.5 Å². The minimum Gasteiger partial charge on any atom is -0.380 e. The Morgan fingerprint density at radius 2 is 1.59 bits per heavy atom. The Morgan fingerprint density at radius 3 is 2.15 bits per heavy atom. The van der Waals surface area contributed by atoms with Crippen LogP contribution in [0.25, 0.3) is 0 Å². The molecule has 3 aromatic rings. The second-order valence-corrected chi connectivity index (χ2v) is 14.2. The number of likely N-dealkylation sites (tertiary alicyclic amines) is 1. The molecule has 6 nitrogen and oxygen atoms in total. The van der Waals surface area contributed by atoms with Crippen LogP contribution in [0.2, 0.25) is 0 Å². The van der Waals surface area contributed by atoms with Crippen LogP contribution in [0.15, 0.2) is 71.9 Å². The van der Waals surface area contributed by atoms with Crippen molar-refractivity contribution in [1.29, 1.82) is 0 Å². The van der Waals surface area contributed by atoms with Crippen LogP contribution in [0, 0.1) is 12.3 Å². The van der Waals surface area contributed by atoms with Crippen molar-refractivity contribution in [2.75, 3.05) is 33.2 Å². The molecule has 0 amide bonds. The fourth-order valence-electron chi connectivity index (χ4n) is 6.51. The first-order valence-electron chi connectivity index (χ1n) is 14.0. The van der Waals surface area contributed by atoms with Crippen LogP contribution in [0.5, 0.6) is 0 Å². The van der Waals surface area contributed by atoms with Gasteiger partial charge in [0.15, 0.2) is 0 Å². The number of aliphatic hydroxyl groups is 1. The van der Waals surface area contributed by atoms with Crippen LogP contribution < -0.4 is 0 Å². The molecule has 0 aliphatic carbocycles. The SMILES string of the molecule is Cc1ccc(S(=O)(=O)N2CCC(c3cncc(C(O)(c4ccc(C(C)C)cc4)C4(C)CN(C)C4)c3)CC2)cc1. The second kappa shape index (κ2) is 10.4. The summed E-state index contributed by atoms with van der Waals surface area (Å²) in [7, 11) is -1.43. The molecular weight excluding hydrogens is 506 g/mol. The first-order chi connectivity index (χ1) is 18.4. The molecule has 2 fully saturated rings. The number of rotatable bonds is 7. The maximum absolute atomic E-state index is 13.2. The fourth-order valence-corrected chi connectivity index (χ4v) is 7.98. The maximum Gasteiger partial charge on any atom is 0.243 e. The van der Waals surface area contributed by atoms with Crippen molar-refractivity contribution >= 4 is 10.0 Å². The standard InChI is InChI=1S/C32H41N3O3S/c1-23(2)25-8-10-28(11-9-25)32(36,31(4)21-34(5)22-31)29-18-27(19-33-20-29)26-14-16-35(17-15-26)39(37,38)30-12-6-24(3)7-13-30/h6-13,18-20,23,26,36H,14-17,21-22H2,1-5H3. The molecule has 0 spiro atoms. The Bertz CT molecular complexity index is 1410. The number of pyridine rings is 1. The Balaban J connectivity index is 1.41. The molecule has 5 rings (SSSR count). The zero-order chi connectivity index (χ0) is 28.0. The summed E-state index contributed by atoms with van der Waals surface area (Å²) < 4.78 is 28.0. The quantitative estimate of drug-likeness (QED) is 0.436. The fraction of sp³-hybridized carbons (Fsp3) is 0.469. The van der Waals surface area contributed by atoms with Gasteiger partial charge in [-0.2, -0.15) is 4.31 Å². The van der Waals surface area contributed by atoms with E-state index in [1.54, 1.807) is 22.6 Å². The van der Waals surface area contributed by atoms with E-state index >= 15 is 0 Å². The lowest BCUT2D eigenvalue weighted by Gasteiger charge is -2.56. The minimum atomic E-state index is -3.51. The van der Waals surface area contributed by atoms with E-state index in [2.05, 4.69) is 68.0 Å². The van der Waals surface area contributed by atoms with E-state index in [0.29, 0.717) is 23.9 Å². The van der Waals surface area contributed by atoms with Gasteiger partial charge in [0.05, 0.1) is 4.90 Å². The van der Waals surface area contributed by atoms with Crippen molar-refractivity contribution in [2.24, 2.45) is 5.41 Å². The van der Waals surface area contributed by atoms with E-state index in [4.69, 9.17) is 0 Å². The Kier molecular flexibility index (Phi) is 7.48. The van der Waals surface area contributed by atoms with E-state index in [-0.39, 0.29) is 11.3 Å². The Hall–Kier alpha value is -2.58. The lowest BCUT2D eigenvalue weighted by atomic mass is 9.62. The van der Waals surface area contributed by atoms with E-state index in [1.807, 2.05) is 25.3 Å². The second-order valence-electron chi connectivity index (χ2n) is 12.2.